The largest absolute Gasteiger partial charge is 0.493 e. The molecular formula is C20H26ClNO2. The number of rotatable bonds is 8. The van der Waals surface area contributed by atoms with Crippen LogP contribution in [0.3, 0.4) is 0 Å². The SMILES string of the molecule is COc1cc(CC(CN)c2ccc(Cl)cc2)ccc1OCC(C)C. The number of methoxy groups -OCH3 is 1. The molecule has 2 aromatic rings. The summed E-state index contributed by atoms with van der Waals surface area (Å²) in [5, 5.41) is 0.739. The van der Waals surface area contributed by atoms with Crippen LogP contribution in [0.15, 0.2) is 42.5 Å². The van der Waals surface area contributed by atoms with Crippen LogP contribution in [-0.4, -0.2) is 20.3 Å². The molecule has 130 valence electrons. The van der Waals surface area contributed by atoms with Crippen molar-refractivity contribution >= 4 is 11.6 Å². The van der Waals surface area contributed by atoms with Gasteiger partial charge in [0.1, 0.15) is 0 Å². The molecule has 2 aromatic carbocycles. The second kappa shape index (κ2) is 8.95. The summed E-state index contributed by atoms with van der Waals surface area (Å²) in [4.78, 5) is 0. The van der Waals surface area contributed by atoms with E-state index < -0.39 is 0 Å². The molecule has 3 nitrogen and oxygen atoms in total. The molecule has 0 aliphatic carbocycles. The quantitative estimate of drug-likeness (QED) is 0.754. The molecule has 0 heterocycles. The molecule has 0 fully saturated rings. The molecule has 0 radical (unpaired) electrons. The van der Waals surface area contributed by atoms with Crippen LogP contribution in [-0.2, 0) is 6.42 Å². The fraction of sp³-hybridized carbons (Fsp3) is 0.400. The zero-order valence-corrected chi connectivity index (χ0v) is 15.3. The van der Waals surface area contributed by atoms with Gasteiger partial charge in [-0.1, -0.05) is 43.6 Å². The number of nitrogens with two attached hydrogens (primary N) is 1. The second-order valence-corrected chi connectivity index (χ2v) is 6.81. The lowest BCUT2D eigenvalue weighted by Gasteiger charge is -2.17. The highest BCUT2D eigenvalue weighted by Crippen LogP contribution is 2.31. The normalized spacial score (nSPS) is 12.2. The number of benzene rings is 2. The van der Waals surface area contributed by atoms with E-state index in [0.717, 1.165) is 22.9 Å². The summed E-state index contributed by atoms with van der Waals surface area (Å²) in [5.74, 6) is 2.26. The fourth-order valence-electron chi connectivity index (χ4n) is 2.57. The number of hydrogen-bond donors (Lipinski definition) is 1. The number of halogens is 1. The van der Waals surface area contributed by atoms with Crippen molar-refractivity contribution in [3.05, 3.63) is 58.6 Å². The number of ether oxygens (including phenoxy) is 2. The maximum absolute atomic E-state index is 5.98. The van der Waals surface area contributed by atoms with Crippen molar-refractivity contribution in [3.63, 3.8) is 0 Å². The predicted molar refractivity (Wildman–Crippen MR) is 100 cm³/mol. The van der Waals surface area contributed by atoms with E-state index in [2.05, 4.69) is 19.9 Å². The highest BCUT2D eigenvalue weighted by molar-refractivity contribution is 6.30. The molecular weight excluding hydrogens is 322 g/mol. The van der Waals surface area contributed by atoms with E-state index in [1.807, 2.05) is 36.4 Å². The first kappa shape index (κ1) is 18.6. The Morgan fingerprint density at radius 3 is 2.33 bits per heavy atom. The fourth-order valence-corrected chi connectivity index (χ4v) is 2.70. The lowest BCUT2D eigenvalue weighted by Crippen LogP contribution is -2.15. The molecule has 0 saturated carbocycles. The van der Waals surface area contributed by atoms with E-state index in [9.17, 15) is 0 Å². The van der Waals surface area contributed by atoms with Gasteiger partial charge in [-0.2, -0.15) is 0 Å². The van der Waals surface area contributed by atoms with Crippen LogP contribution in [0.1, 0.15) is 30.9 Å². The maximum atomic E-state index is 5.98. The van der Waals surface area contributed by atoms with E-state index in [1.54, 1.807) is 7.11 Å². The third kappa shape index (κ3) is 5.15. The molecule has 0 aliphatic heterocycles. The van der Waals surface area contributed by atoms with Gasteiger partial charge in [-0.15, -0.1) is 0 Å². The topological polar surface area (TPSA) is 44.5 Å². The Labute approximate surface area is 149 Å². The van der Waals surface area contributed by atoms with Crippen LogP contribution < -0.4 is 15.2 Å². The Morgan fingerprint density at radius 2 is 1.75 bits per heavy atom. The van der Waals surface area contributed by atoms with Crippen molar-refractivity contribution in [2.75, 3.05) is 20.3 Å². The zero-order chi connectivity index (χ0) is 17.5. The summed E-state index contributed by atoms with van der Waals surface area (Å²) in [7, 11) is 1.67. The van der Waals surface area contributed by atoms with Gasteiger partial charge >= 0.3 is 0 Å². The minimum atomic E-state index is 0.245. The maximum Gasteiger partial charge on any atom is 0.161 e. The molecule has 1 atom stereocenters. The summed E-state index contributed by atoms with van der Waals surface area (Å²) < 4.78 is 11.3. The summed E-state index contributed by atoms with van der Waals surface area (Å²) in [5.41, 5.74) is 8.35. The van der Waals surface area contributed by atoms with Gasteiger partial charge in [0.2, 0.25) is 0 Å². The second-order valence-electron chi connectivity index (χ2n) is 6.38. The molecule has 24 heavy (non-hydrogen) atoms. The predicted octanol–water partition coefficient (Wildman–Crippen LogP) is 4.67. The van der Waals surface area contributed by atoms with Crippen molar-refractivity contribution in [1.29, 1.82) is 0 Å². The van der Waals surface area contributed by atoms with Crippen molar-refractivity contribution in [2.45, 2.75) is 26.2 Å². The average molecular weight is 348 g/mol. The average Bonchev–Trinajstić information content (AvgIpc) is 2.59. The van der Waals surface area contributed by atoms with E-state index in [4.69, 9.17) is 26.8 Å². The van der Waals surface area contributed by atoms with Crippen LogP contribution in [0.2, 0.25) is 5.02 Å². The Bertz CT molecular complexity index is 641. The van der Waals surface area contributed by atoms with E-state index in [1.165, 1.54) is 11.1 Å². The minimum Gasteiger partial charge on any atom is -0.493 e. The van der Waals surface area contributed by atoms with Gasteiger partial charge < -0.3 is 15.2 Å². The first-order valence-corrected chi connectivity index (χ1v) is 8.66. The van der Waals surface area contributed by atoms with E-state index >= 15 is 0 Å². The highest BCUT2D eigenvalue weighted by Gasteiger charge is 2.13. The summed E-state index contributed by atoms with van der Waals surface area (Å²) in [6.45, 7) is 5.50. The lowest BCUT2D eigenvalue weighted by atomic mass is 9.92. The Kier molecular flexibility index (Phi) is 6.95. The van der Waals surface area contributed by atoms with Crippen molar-refractivity contribution in [3.8, 4) is 11.5 Å². The van der Waals surface area contributed by atoms with E-state index in [0.29, 0.717) is 19.1 Å². The Morgan fingerprint density at radius 1 is 1.04 bits per heavy atom. The third-order valence-electron chi connectivity index (χ3n) is 3.91. The Hall–Kier alpha value is -1.71. The highest BCUT2D eigenvalue weighted by atomic mass is 35.5. The summed E-state index contributed by atoms with van der Waals surface area (Å²) in [6.07, 6.45) is 0.846. The van der Waals surface area contributed by atoms with Crippen LogP contribution in [0, 0.1) is 5.92 Å². The third-order valence-corrected chi connectivity index (χ3v) is 4.16. The van der Waals surface area contributed by atoms with Crippen LogP contribution >= 0.6 is 11.6 Å². The van der Waals surface area contributed by atoms with Gasteiger partial charge in [0.25, 0.3) is 0 Å². The van der Waals surface area contributed by atoms with Crippen LogP contribution in [0.5, 0.6) is 11.5 Å². The van der Waals surface area contributed by atoms with Crippen LogP contribution in [0.4, 0.5) is 0 Å². The smallest absolute Gasteiger partial charge is 0.161 e. The molecule has 4 heteroatoms. The van der Waals surface area contributed by atoms with Crippen molar-refractivity contribution in [2.24, 2.45) is 11.7 Å². The van der Waals surface area contributed by atoms with Gasteiger partial charge in [-0.25, -0.2) is 0 Å². The first-order chi connectivity index (χ1) is 11.5. The minimum absolute atomic E-state index is 0.245. The van der Waals surface area contributed by atoms with E-state index in [-0.39, 0.29) is 5.92 Å². The molecule has 0 aromatic heterocycles. The first-order valence-electron chi connectivity index (χ1n) is 8.28. The van der Waals surface area contributed by atoms with Crippen molar-refractivity contribution in [1.82, 2.24) is 0 Å². The lowest BCUT2D eigenvalue weighted by molar-refractivity contribution is 0.256. The number of hydrogen-bond acceptors (Lipinski definition) is 3. The monoisotopic (exact) mass is 347 g/mol. The van der Waals surface area contributed by atoms with Gasteiger partial charge in [-0.3, -0.25) is 0 Å². The molecule has 0 spiro atoms. The summed E-state index contributed by atoms with van der Waals surface area (Å²) in [6, 6.07) is 14.0. The molecule has 2 rings (SSSR count). The van der Waals surface area contributed by atoms with Gasteiger partial charge in [0, 0.05) is 10.9 Å². The molecule has 0 aliphatic rings. The molecule has 0 amide bonds. The van der Waals surface area contributed by atoms with Gasteiger partial charge in [0.05, 0.1) is 13.7 Å². The van der Waals surface area contributed by atoms with Gasteiger partial charge in [-0.05, 0) is 54.3 Å². The van der Waals surface area contributed by atoms with Crippen molar-refractivity contribution < 1.29 is 9.47 Å². The summed E-state index contributed by atoms with van der Waals surface area (Å²) >= 11 is 5.97. The molecule has 0 saturated heterocycles. The Balaban J connectivity index is 2.14. The molecule has 2 N–H and O–H groups in total. The molecule has 1 unspecified atom stereocenters. The molecule has 0 bridgehead atoms. The standard InChI is InChI=1S/C20H26ClNO2/c1-14(2)13-24-19-9-4-15(11-20(19)23-3)10-17(12-22)16-5-7-18(21)8-6-16/h4-9,11,14,17H,10,12-13,22H2,1-3H3. The van der Waals surface area contributed by atoms with Gasteiger partial charge in [0.15, 0.2) is 11.5 Å². The van der Waals surface area contributed by atoms with Crippen LogP contribution in [0.25, 0.3) is 0 Å². The zero-order valence-electron chi connectivity index (χ0n) is 14.6.